The van der Waals surface area contributed by atoms with Crippen LogP contribution in [0.1, 0.15) is 5.56 Å². The van der Waals surface area contributed by atoms with Gasteiger partial charge in [0.1, 0.15) is 11.3 Å². The van der Waals surface area contributed by atoms with Crippen LogP contribution in [0.25, 0.3) is 17.0 Å². The fourth-order valence-corrected chi connectivity index (χ4v) is 2.24. The maximum atomic E-state index is 6.08. The monoisotopic (exact) mass is 292 g/mol. The van der Waals surface area contributed by atoms with E-state index in [-0.39, 0.29) is 0 Å². The Bertz CT molecular complexity index is 783. The van der Waals surface area contributed by atoms with Crippen molar-refractivity contribution in [2.75, 3.05) is 0 Å². The zero-order valence-electron chi connectivity index (χ0n) is 11.2. The van der Waals surface area contributed by atoms with Gasteiger partial charge in [0.15, 0.2) is 0 Å². The lowest BCUT2D eigenvalue weighted by Gasteiger charge is -2.05. The van der Waals surface area contributed by atoms with Crippen molar-refractivity contribution in [1.29, 1.82) is 0 Å². The highest BCUT2D eigenvalue weighted by atomic mass is 35.5. The van der Waals surface area contributed by atoms with Gasteiger partial charge < -0.3 is 4.65 Å². The van der Waals surface area contributed by atoms with E-state index in [1.165, 1.54) is 0 Å². The van der Waals surface area contributed by atoms with Crippen molar-refractivity contribution in [2.45, 2.75) is 0 Å². The van der Waals surface area contributed by atoms with E-state index in [2.05, 4.69) is 4.98 Å². The standard InChI is InChI=1S/C17H12BClNO/c19-15-8-2-1-5-13(15)10-11-18-21-16-9-3-6-14-7-4-12-20-17(14)16/h1-12H. The van der Waals surface area contributed by atoms with Gasteiger partial charge in [0.05, 0.1) is 0 Å². The van der Waals surface area contributed by atoms with Crippen LogP contribution >= 0.6 is 11.6 Å². The molecule has 21 heavy (non-hydrogen) atoms. The molecule has 0 fully saturated rings. The minimum Gasteiger partial charge on any atom is -0.557 e. The minimum absolute atomic E-state index is 0.717. The molecule has 3 rings (SSSR count). The fraction of sp³-hybridized carbons (Fsp3) is 0. The third-order valence-electron chi connectivity index (χ3n) is 3.05. The molecule has 0 saturated carbocycles. The zero-order valence-corrected chi connectivity index (χ0v) is 12.0. The summed E-state index contributed by atoms with van der Waals surface area (Å²) in [6, 6.07) is 17.4. The van der Waals surface area contributed by atoms with E-state index in [4.69, 9.17) is 16.3 Å². The average Bonchev–Trinajstić information content (AvgIpc) is 2.53. The molecule has 0 amide bonds. The highest BCUT2D eigenvalue weighted by Crippen LogP contribution is 2.22. The molecular formula is C17H12BClNO. The molecule has 1 heterocycles. The van der Waals surface area contributed by atoms with Crippen LogP contribution in [0.15, 0.2) is 66.8 Å². The summed E-state index contributed by atoms with van der Waals surface area (Å²) in [5, 5.41) is 1.77. The van der Waals surface area contributed by atoms with Crippen molar-refractivity contribution >= 4 is 36.1 Å². The van der Waals surface area contributed by atoms with E-state index in [1.807, 2.05) is 66.6 Å². The Morgan fingerprint density at radius 3 is 2.76 bits per heavy atom. The highest BCUT2D eigenvalue weighted by molar-refractivity contribution is 6.37. The van der Waals surface area contributed by atoms with Gasteiger partial charge in [0.2, 0.25) is 0 Å². The summed E-state index contributed by atoms with van der Waals surface area (Å²) >= 11 is 6.08. The Morgan fingerprint density at radius 2 is 1.86 bits per heavy atom. The van der Waals surface area contributed by atoms with Crippen molar-refractivity contribution in [3.63, 3.8) is 0 Å². The molecule has 4 heteroatoms. The van der Waals surface area contributed by atoms with Crippen LogP contribution in [0.3, 0.4) is 0 Å². The predicted molar refractivity (Wildman–Crippen MR) is 88.6 cm³/mol. The van der Waals surface area contributed by atoms with Crippen LogP contribution in [0.4, 0.5) is 0 Å². The molecule has 0 aliphatic carbocycles. The van der Waals surface area contributed by atoms with Crippen molar-refractivity contribution < 1.29 is 4.65 Å². The third-order valence-corrected chi connectivity index (χ3v) is 3.39. The summed E-state index contributed by atoms with van der Waals surface area (Å²) in [6.45, 7) is 0. The van der Waals surface area contributed by atoms with Crippen LogP contribution in [-0.2, 0) is 0 Å². The lowest BCUT2D eigenvalue weighted by molar-refractivity contribution is 0.610. The smallest absolute Gasteiger partial charge is 0.401 e. The normalized spacial score (nSPS) is 10.9. The second kappa shape index (κ2) is 6.46. The van der Waals surface area contributed by atoms with Crippen LogP contribution in [0, 0.1) is 0 Å². The molecule has 0 saturated heterocycles. The van der Waals surface area contributed by atoms with E-state index >= 15 is 0 Å². The number of halogens is 1. The van der Waals surface area contributed by atoms with Gasteiger partial charge in [0, 0.05) is 16.6 Å². The number of aromatic nitrogens is 1. The number of pyridine rings is 1. The second-order valence-corrected chi connectivity index (χ2v) is 4.87. The van der Waals surface area contributed by atoms with Gasteiger partial charge in [0.25, 0.3) is 0 Å². The SMILES string of the molecule is Clc1ccccc1C=C[B]Oc1cccc2cccnc12. The minimum atomic E-state index is 0.717. The number of rotatable bonds is 4. The molecule has 3 aromatic rings. The van der Waals surface area contributed by atoms with Crippen molar-refractivity contribution in [3.05, 3.63) is 77.4 Å². The molecule has 0 unspecified atom stereocenters. The largest absolute Gasteiger partial charge is 0.557 e. The van der Waals surface area contributed by atoms with E-state index in [9.17, 15) is 0 Å². The molecule has 0 atom stereocenters. The van der Waals surface area contributed by atoms with Gasteiger partial charge >= 0.3 is 7.48 Å². The van der Waals surface area contributed by atoms with Crippen LogP contribution in [0.2, 0.25) is 5.02 Å². The summed E-state index contributed by atoms with van der Waals surface area (Å²) in [5.41, 5.74) is 1.80. The molecule has 0 bridgehead atoms. The Balaban J connectivity index is 1.71. The van der Waals surface area contributed by atoms with Crippen LogP contribution in [-0.4, -0.2) is 12.5 Å². The Labute approximate surface area is 129 Å². The number of hydrogen-bond acceptors (Lipinski definition) is 2. The number of fused-ring (bicyclic) bond motifs is 1. The first-order valence-electron chi connectivity index (χ1n) is 6.59. The van der Waals surface area contributed by atoms with Gasteiger partial charge in [-0.05, 0) is 23.8 Å². The fourth-order valence-electron chi connectivity index (χ4n) is 2.04. The Kier molecular flexibility index (Phi) is 4.22. The highest BCUT2D eigenvalue weighted by Gasteiger charge is 2.02. The number of hydrogen-bond donors (Lipinski definition) is 0. The topological polar surface area (TPSA) is 22.1 Å². The Hall–Kier alpha value is -2.26. The predicted octanol–water partition coefficient (Wildman–Crippen LogP) is 4.56. The van der Waals surface area contributed by atoms with E-state index in [0.717, 1.165) is 22.2 Å². The maximum Gasteiger partial charge on any atom is 0.401 e. The number of benzene rings is 2. The van der Waals surface area contributed by atoms with Crippen LogP contribution < -0.4 is 4.65 Å². The van der Waals surface area contributed by atoms with E-state index < -0.39 is 0 Å². The first-order chi connectivity index (χ1) is 10.3. The van der Waals surface area contributed by atoms with E-state index in [1.54, 1.807) is 13.7 Å². The molecule has 2 nitrogen and oxygen atoms in total. The quantitative estimate of drug-likeness (QED) is 0.658. The molecule has 0 N–H and O–H groups in total. The third kappa shape index (κ3) is 3.26. The van der Waals surface area contributed by atoms with E-state index in [0.29, 0.717) is 5.02 Å². The molecule has 2 aromatic carbocycles. The Morgan fingerprint density at radius 1 is 1.00 bits per heavy atom. The maximum absolute atomic E-state index is 6.08. The molecule has 0 aliphatic rings. The van der Waals surface area contributed by atoms with Gasteiger partial charge in [-0.25, -0.2) is 0 Å². The molecule has 101 valence electrons. The lowest BCUT2D eigenvalue weighted by atomic mass is 9.99. The summed E-state index contributed by atoms with van der Waals surface area (Å²) in [4.78, 5) is 4.34. The first-order valence-corrected chi connectivity index (χ1v) is 6.97. The molecule has 1 radical (unpaired) electrons. The summed E-state index contributed by atoms with van der Waals surface area (Å²) in [5.74, 6) is 2.56. The second-order valence-electron chi connectivity index (χ2n) is 4.47. The molecule has 0 aliphatic heterocycles. The zero-order chi connectivity index (χ0) is 14.5. The summed E-state index contributed by atoms with van der Waals surface area (Å²) < 4.78 is 5.66. The molecular weight excluding hydrogens is 280 g/mol. The van der Waals surface area contributed by atoms with Gasteiger partial charge in [-0.15, -0.1) is 0 Å². The average molecular weight is 293 g/mol. The number of para-hydroxylation sites is 1. The van der Waals surface area contributed by atoms with Gasteiger partial charge in [-0.1, -0.05) is 60.1 Å². The van der Waals surface area contributed by atoms with Crippen LogP contribution in [0.5, 0.6) is 5.75 Å². The summed E-state index contributed by atoms with van der Waals surface area (Å²) in [7, 11) is 1.63. The molecule has 0 spiro atoms. The first kappa shape index (κ1) is 13.7. The van der Waals surface area contributed by atoms with Gasteiger partial charge in [-0.3, -0.25) is 4.98 Å². The van der Waals surface area contributed by atoms with Crippen molar-refractivity contribution in [3.8, 4) is 5.75 Å². The van der Waals surface area contributed by atoms with Crippen molar-refractivity contribution in [1.82, 2.24) is 4.98 Å². The summed E-state index contributed by atoms with van der Waals surface area (Å²) in [6.07, 6.45) is 3.66. The molecule has 1 aromatic heterocycles. The lowest BCUT2D eigenvalue weighted by Crippen LogP contribution is -1.99. The number of nitrogens with zero attached hydrogens (tertiary/aromatic N) is 1. The van der Waals surface area contributed by atoms with Gasteiger partial charge in [-0.2, -0.15) is 0 Å². The van der Waals surface area contributed by atoms with Crippen molar-refractivity contribution in [2.24, 2.45) is 0 Å².